The summed E-state index contributed by atoms with van der Waals surface area (Å²) in [6, 6.07) is 5.93. The molecular formula is C13H16ClN3. The minimum Gasteiger partial charge on any atom is -0.324 e. The average Bonchev–Trinajstić information content (AvgIpc) is 2.73. The highest BCUT2D eigenvalue weighted by Crippen LogP contribution is 2.27. The average molecular weight is 250 g/mol. The van der Waals surface area contributed by atoms with E-state index in [1.807, 2.05) is 31.3 Å². The van der Waals surface area contributed by atoms with E-state index >= 15 is 0 Å². The fourth-order valence-electron chi connectivity index (χ4n) is 1.72. The second kappa shape index (κ2) is 5.23. The van der Waals surface area contributed by atoms with Crippen molar-refractivity contribution in [3.8, 4) is 0 Å². The highest BCUT2D eigenvalue weighted by Gasteiger charge is 2.06. The lowest BCUT2D eigenvalue weighted by molar-refractivity contribution is 0.686. The fourth-order valence-corrected chi connectivity index (χ4v) is 1.89. The van der Waals surface area contributed by atoms with Crippen LogP contribution < -0.4 is 5.32 Å². The zero-order chi connectivity index (χ0) is 12.3. The summed E-state index contributed by atoms with van der Waals surface area (Å²) >= 11 is 6.24. The van der Waals surface area contributed by atoms with Crippen molar-refractivity contribution in [3.63, 3.8) is 0 Å². The summed E-state index contributed by atoms with van der Waals surface area (Å²) in [6.45, 7) is 5.08. The monoisotopic (exact) mass is 249 g/mol. The van der Waals surface area contributed by atoms with Gasteiger partial charge >= 0.3 is 0 Å². The van der Waals surface area contributed by atoms with E-state index in [2.05, 4.69) is 21.8 Å². The van der Waals surface area contributed by atoms with Crippen LogP contribution in [0.25, 0.3) is 0 Å². The number of aromatic nitrogens is 2. The van der Waals surface area contributed by atoms with E-state index in [-0.39, 0.29) is 0 Å². The molecule has 0 atom stereocenters. The molecule has 0 amide bonds. The van der Waals surface area contributed by atoms with Crippen LogP contribution in [0.1, 0.15) is 18.9 Å². The first-order chi connectivity index (χ1) is 8.22. The van der Waals surface area contributed by atoms with E-state index in [1.54, 1.807) is 6.20 Å². The van der Waals surface area contributed by atoms with E-state index in [0.29, 0.717) is 0 Å². The Hall–Kier alpha value is -1.48. The van der Waals surface area contributed by atoms with Crippen LogP contribution in [-0.2, 0) is 6.54 Å². The number of nitrogens with zero attached hydrogens (tertiary/aromatic N) is 2. The Morgan fingerprint density at radius 3 is 3.00 bits per heavy atom. The van der Waals surface area contributed by atoms with Crippen LogP contribution in [0.15, 0.2) is 30.6 Å². The van der Waals surface area contributed by atoms with Gasteiger partial charge < -0.3 is 9.88 Å². The van der Waals surface area contributed by atoms with Gasteiger partial charge in [-0.25, -0.2) is 4.98 Å². The molecular weight excluding hydrogens is 234 g/mol. The van der Waals surface area contributed by atoms with Gasteiger partial charge in [0.15, 0.2) is 0 Å². The van der Waals surface area contributed by atoms with Gasteiger partial charge in [-0.05, 0) is 25.0 Å². The number of nitrogens with one attached hydrogen (secondary N) is 1. The van der Waals surface area contributed by atoms with E-state index in [4.69, 9.17) is 11.6 Å². The molecule has 4 heteroatoms. The van der Waals surface area contributed by atoms with Crippen LogP contribution in [-0.4, -0.2) is 9.55 Å². The summed E-state index contributed by atoms with van der Waals surface area (Å²) < 4.78 is 2.08. The summed E-state index contributed by atoms with van der Waals surface area (Å²) in [5.74, 6) is 0.833. The largest absolute Gasteiger partial charge is 0.324 e. The first kappa shape index (κ1) is 12.0. The van der Waals surface area contributed by atoms with Gasteiger partial charge in [0, 0.05) is 18.9 Å². The quantitative estimate of drug-likeness (QED) is 0.888. The minimum atomic E-state index is 0.749. The third-order valence-corrected chi connectivity index (χ3v) is 3.12. The predicted octanol–water partition coefficient (Wildman–Crippen LogP) is 4.00. The molecule has 90 valence electrons. The van der Waals surface area contributed by atoms with Crippen LogP contribution in [0.4, 0.5) is 11.6 Å². The van der Waals surface area contributed by atoms with Gasteiger partial charge in [-0.15, -0.1) is 0 Å². The lowest BCUT2D eigenvalue weighted by Gasteiger charge is -2.11. The van der Waals surface area contributed by atoms with Gasteiger partial charge in [0.05, 0.1) is 10.7 Å². The van der Waals surface area contributed by atoms with E-state index in [0.717, 1.165) is 35.2 Å². The summed E-state index contributed by atoms with van der Waals surface area (Å²) in [5.41, 5.74) is 1.96. The maximum atomic E-state index is 6.24. The van der Waals surface area contributed by atoms with Crippen molar-refractivity contribution in [2.45, 2.75) is 26.8 Å². The van der Waals surface area contributed by atoms with E-state index in [9.17, 15) is 0 Å². The lowest BCUT2D eigenvalue weighted by Crippen LogP contribution is -2.03. The molecule has 3 nitrogen and oxygen atoms in total. The van der Waals surface area contributed by atoms with Crippen LogP contribution in [0.3, 0.4) is 0 Å². The Labute approximate surface area is 106 Å². The predicted molar refractivity (Wildman–Crippen MR) is 72.0 cm³/mol. The molecule has 1 N–H and O–H groups in total. The van der Waals surface area contributed by atoms with Crippen molar-refractivity contribution >= 4 is 23.2 Å². The molecule has 0 aliphatic rings. The maximum absolute atomic E-state index is 6.24. The summed E-state index contributed by atoms with van der Waals surface area (Å²) in [6.07, 6.45) is 4.84. The third-order valence-electron chi connectivity index (χ3n) is 2.62. The van der Waals surface area contributed by atoms with Crippen molar-refractivity contribution in [1.82, 2.24) is 9.55 Å². The van der Waals surface area contributed by atoms with E-state index < -0.39 is 0 Å². The van der Waals surface area contributed by atoms with Gasteiger partial charge in [-0.3, -0.25) is 0 Å². The highest BCUT2D eigenvalue weighted by molar-refractivity contribution is 6.34. The Morgan fingerprint density at radius 1 is 1.41 bits per heavy atom. The molecule has 1 aromatic heterocycles. The Balaban J connectivity index is 2.25. The molecule has 1 heterocycles. The number of hydrogen-bond donors (Lipinski definition) is 1. The SMILES string of the molecule is CCCn1ccnc1Nc1cccc(C)c1Cl. The first-order valence-electron chi connectivity index (χ1n) is 5.75. The molecule has 0 unspecified atom stereocenters. The van der Waals surface area contributed by atoms with Crippen molar-refractivity contribution in [2.24, 2.45) is 0 Å². The topological polar surface area (TPSA) is 29.9 Å². The Bertz CT molecular complexity index is 505. The second-order valence-electron chi connectivity index (χ2n) is 4.01. The fraction of sp³-hybridized carbons (Fsp3) is 0.308. The molecule has 0 bridgehead atoms. The van der Waals surface area contributed by atoms with Gasteiger partial charge in [0.1, 0.15) is 0 Å². The number of rotatable bonds is 4. The van der Waals surface area contributed by atoms with Gasteiger partial charge in [-0.2, -0.15) is 0 Å². The van der Waals surface area contributed by atoms with Crippen molar-refractivity contribution in [1.29, 1.82) is 0 Å². The molecule has 17 heavy (non-hydrogen) atoms. The zero-order valence-corrected chi connectivity index (χ0v) is 10.8. The van der Waals surface area contributed by atoms with Crippen molar-refractivity contribution in [3.05, 3.63) is 41.2 Å². The Morgan fingerprint density at radius 2 is 2.24 bits per heavy atom. The van der Waals surface area contributed by atoms with Crippen molar-refractivity contribution in [2.75, 3.05) is 5.32 Å². The maximum Gasteiger partial charge on any atom is 0.207 e. The molecule has 0 saturated carbocycles. The van der Waals surface area contributed by atoms with Gasteiger partial charge in [0.25, 0.3) is 0 Å². The van der Waals surface area contributed by atoms with Gasteiger partial charge in [0.2, 0.25) is 5.95 Å². The molecule has 0 aliphatic carbocycles. The molecule has 0 spiro atoms. The molecule has 0 fully saturated rings. The molecule has 2 rings (SSSR count). The van der Waals surface area contributed by atoms with Crippen LogP contribution >= 0.6 is 11.6 Å². The number of halogens is 1. The number of hydrogen-bond acceptors (Lipinski definition) is 2. The molecule has 0 saturated heterocycles. The van der Waals surface area contributed by atoms with Crippen LogP contribution in [0, 0.1) is 6.92 Å². The summed E-state index contributed by atoms with van der Waals surface area (Å²) in [4.78, 5) is 4.29. The number of aryl methyl sites for hydroxylation is 2. The zero-order valence-electron chi connectivity index (χ0n) is 10.1. The molecule has 0 aliphatic heterocycles. The number of imidazole rings is 1. The minimum absolute atomic E-state index is 0.749. The summed E-state index contributed by atoms with van der Waals surface area (Å²) in [5, 5.41) is 4.01. The smallest absolute Gasteiger partial charge is 0.207 e. The number of benzene rings is 1. The van der Waals surface area contributed by atoms with E-state index in [1.165, 1.54) is 0 Å². The third kappa shape index (κ3) is 2.61. The Kier molecular flexibility index (Phi) is 3.69. The van der Waals surface area contributed by atoms with Crippen molar-refractivity contribution < 1.29 is 0 Å². The second-order valence-corrected chi connectivity index (χ2v) is 4.38. The standard InChI is InChI=1S/C13H16ClN3/c1-3-8-17-9-7-15-13(17)16-11-6-4-5-10(2)12(11)14/h4-7,9H,3,8H2,1-2H3,(H,15,16). The molecule has 0 radical (unpaired) electrons. The normalized spacial score (nSPS) is 10.5. The first-order valence-corrected chi connectivity index (χ1v) is 6.13. The lowest BCUT2D eigenvalue weighted by atomic mass is 10.2. The number of anilines is 2. The summed E-state index contributed by atoms with van der Waals surface area (Å²) in [7, 11) is 0. The molecule has 2 aromatic rings. The molecule has 1 aromatic carbocycles. The van der Waals surface area contributed by atoms with Gasteiger partial charge in [-0.1, -0.05) is 30.7 Å². The van der Waals surface area contributed by atoms with Crippen LogP contribution in [0.5, 0.6) is 0 Å². The highest BCUT2D eigenvalue weighted by atomic mass is 35.5. The van der Waals surface area contributed by atoms with Crippen LogP contribution in [0.2, 0.25) is 5.02 Å².